The van der Waals surface area contributed by atoms with Crippen molar-refractivity contribution in [3.8, 4) is 0 Å². The van der Waals surface area contributed by atoms with Gasteiger partial charge in [-0.05, 0) is 52.9 Å². The predicted molar refractivity (Wildman–Crippen MR) is 84.6 cm³/mol. The molecule has 1 amide bonds. The van der Waals surface area contributed by atoms with Gasteiger partial charge in [-0.2, -0.15) is 0 Å². The zero-order valence-corrected chi connectivity index (χ0v) is 13.6. The van der Waals surface area contributed by atoms with Crippen LogP contribution in [0.4, 0.5) is 0 Å². The Hall–Kier alpha value is -1.83. The van der Waals surface area contributed by atoms with Crippen LogP contribution >= 0.6 is 22.6 Å². The first-order valence-electron chi connectivity index (χ1n) is 6.25. The van der Waals surface area contributed by atoms with Gasteiger partial charge in [-0.3, -0.25) is 4.79 Å². The lowest BCUT2D eigenvalue weighted by Crippen LogP contribution is -2.30. The van der Waals surface area contributed by atoms with Gasteiger partial charge < -0.3 is 14.1 Å². The van der Waals surface area contributed by atoms with Crippen molar-refractivity contribution in [3.63, 3.8) is 0 Å². The molecule has 1 aromatic carbocycles. The van der Waals surface area contributed by atoms with E-state index in [1.54, 1.807) is 43.6 Å². The van der Waals surface area contributed by atoms with Crippen LogP contribution in [0.1, 0.15) is 16.1 Å². The van der Waals surface area contributed by atoms with E-state index >= 15 is 0 Å². The van der Waals surface area contributed by atoms with Gasteiger partial charge in [0.05, 0.1) is 18.4 Å². The molecule has 0 spiro atoms. The summed E-state index contributed by atoms with van der Waals surface area (Å²) in [5.74, 6) is -0.117. The van der Waals surface area contributed by atoms with Crippen molar-refractivity contribution >= 4 is 34.5 Å². The maximum Gasteiger partial charge on any atom is 0.338 e. The molecule has 0 bridgehead atoms. The van der Waals surface area contributed by atoms with E-state index in [4.69, 9.17) is 9.15 Å². The second-order valence-electron chi connectivity index (χ2n) is 4.42. The van der Waals surface area contributed by atoms with Crippen molar-refractivity contribution in [2.45, 2.75) is 6.54 Å². The number of carbonyl (C=O) groups excluding carboxylic acids is 2. The fraction of sp³-hybridized carbons (Fsp3) is 0.200. The van der Waals surface area contributed by atoms with Crippen LogP contribution in [0.2, 0.25) is 0 Å². The first kappa shape index (κ1) is 15.6. The molecular formula is C15H14INO4. The summed E-state index contributed by atoms with van der Waals surface area (Å²) < 4.78 is 11.1. The van der Waals surface area contributed by atoms with Gasteiger partial charge in [0.1, 0.15) is 5.76 Å². The molecule has 0 saturated carbocycles. The largest absolute Gasteiger partial charge is 0.467 e. The molecule has 0 fully saturated rings. The molecule has 0 atom stereocenters. The number of benzene rings is 1. The molecule has 2 rings (SSSR count). The minimum absolute atomic E-state index is 0.287. The monoisotopic (exact) mass is 399 g/mol. The van der Waals surface area contributed by atoms with Gasteiger partial charge in [0.25, 0.3) is 5.91 Å². The summed E-state index contributed by atoms with van der Waals surface area (Å²) in [5.41, 5.74) is 0.434. The quantitative estimate of drug-likeness (QED) is 0.573. The zero-order chi connectivity index (χ0) is 15.2. The lowest BCUT2D eigenvalue weighted by molar-refractivity contribution is -0.133. The van der Waals surface area contributed by atoms with E-state index in [2.05, 4.69) is 22.6 Å². The summed E-state index contributed by atoms with van der Waals surface area (Å²) in [6.07, 6.45) is 1.55. The predicted octanol–water partition coefficient (Wildman–Crippen LogP) is 2.70. The van der Waals surface area contributed by atoms with Gasteiger partial charge in [-0.25, -0.2) is 4.79 Å². The molecule has 0 aliphatic carbocycles. The lowest BCUT2D eigenvalue weighted by atomic mass is 10.2. The van der Waals surface area contributed by atoms with Crippen molar-refractivity contribution in [1.82, 2.24) is 4.90 Å². The molecule has 5 nitrogen and oxygen atoms in total. The van der Waals surface area contributed by atoms with E-state index in [1.807, 2.05) is 6.07 Å². The molecule has 110 valence electrons. The van der Waals surface area contributed by atoms with Crippen molar-refractivity contribution in [1.29, 1.82) is 0 Å². The Morgan fingerprint density at radius 3 is 2.76 bits per heavy atom. The number of hydrogen-bond acceptors (Lipinski definition) is 4. The van der Waals surface area contributed by atoms with Crippen LogP contribution in [0.15, 0.2) is 47.1 Å². The number of hydrogen-bond donors (Lipinski definition) is 0. The van der Waals surface area contributed by atoms with E-state index in [0.29, 0.717) is 17.9 Å². The van der Waals surface area contributed by atoms with Gasteiger partial charge in [0.15, 0.2) is 6.61 Å². The maximum absolute atomic E-state index is 11.9. The van der Waals surface area contributed by atoms with Crippen molar-refractivity contribution in [2.24, 2.45) is 0 Å². The fourth-order valence-corrected chi connectivity index (χ4v) is 2.20. The highest BCUT2D eigenvalue weighted by atomic mass is 127. The summed E-state index contributed by atoms with van der Waals surface area (Å²) in [6.45, 7) is 0.0497. The number of esters is 1. The Labute approximate surface area is 136 Å². The molecule has 0 radical (unpaired) electrons. The number of halogens is 1. The number of rotatable bonds is 5. The SMILES string of the molecule is CN(Cc1ccco1)C(=O)COC(=O)c1cccc(I)c1. The van der Waals surface area contributed by atoms with Crippen LogP contribution in [0.3, 0.4) is 0 Å². The second kappa shape index (κ2) is 7.26. The molecule has 1 heterocycles. The minimum Gasteiger partial charge on any atom is -0.467 e. The number of amides is 1. The van der Waals surface area contributed by atoms with Gasteiger partial charge in [0.2, 0.25) is 0 Å². The molecule has 0 N–H and O–H groups in total. The molecule has 0 unspecified atom stereocenters. The van der Waals surface area contributed by atoms with E-state index in [-0.39, 0.29) is 12.5 Å². The van der Waals surface area contributed by atoms with E-state index in [1.165, 1.54) is 4.90 Å². The summed E-state index contributed by atoms with van der Waals surface area (Å²) >= 11 is 2.11. The molecule has 0 aliphatic rings. The highest BCUT2D eigenvalue weighted by Gasteiger charge is 2.14. The number of likely N-dealkylation sites (N-methyl/N-ethyl adjacent to an activating group) is 1. The second-order valence-corrected chi connectivity index (χ2v) is 5.66. The summed E-state index contributed by atoms with van der Waals surface area (Å²) in [7, 11) is 1.63. The first-order valence-corrected chi connectivity index (χ1v) is 7.33. The number of carbonyl (C=O) groups is 2. The number of ether oxygens (including phenoxy) is 1. The highest BCUT2D eigenvalue weighted by Crippen LogP contribution is 2.09. The topological polar surface area (TPSA) is 59.8 Å². The van der Waals surface area contributed by atoms with Crippen LogP contribution in [-0.4, -0.2) is 30.4 Å². The normalized spacial score (nSPS) is 10.2. The average molecular weight is 399 g/mol. The minimum atomic E-state index is -0.506. The van der Waals surface area contributed by atoms with Crippen LogP contribution in [0, 0.1) is 3.57 Å². The van der Waals surface area contributed by atoms with Crippen molar-refractivity contribution < 1.29 is 18.7 Å². The highest BCUT2D eigenvalue weighted by molar-refractivity contribution is 14.1. The Kier molecular flexibility index (Phi) is 5.38. The molecule has 1 aromatic heterocycles. The van der Waals surface area contributed by atoms with Crippen molar-refractivity contribution in [3.05, 3.63) is 57.6 Å². The lowest BCUT2D eigenvalue weighted by Gasteiger charge is -2.15. The van der Waals surface area contributed by atoms with Gasteiger partial charge in [0, 0.05) is 10.6 Å². The standard InChI is InChI=1S/C15H14INO4/c1-17(9-13-6-3-7-20-13)14(18)10-21-15(19)11-4-2-5-12(16)8-11/h2-8H,9-10H2,1H3. The van der Waals surface area contributed by atoms with E-state index < -0.39 is 5.97 Å². The summed E-state index contributed by atoms with van der Waals surface area (Å²) in [6, 6.07) is 10.5. The Balaban J connectivity index is 1.84. The van der Waals surface area contributed by atoms with Crippen LogP contribution in [0.25, 0.3) is 0 Å². The third-order valence-corrected chi connectivity index (χ3v) is 3.46. The molecule has 2 aromatic rings. The Bertz CT molecular complexity index is 624. The fourth-order valence-electron chi connectivity index (χ4n) is 1.66. The third-order valence-electron chi connectivity index (χ3n) is 2.79. The molecule has 6 heteroatoms. The zero-order valence-electron chi connectivity index (χ0n) is 11.4. The van der Waals surface area contributed by atoms with E-state index in [9.17, 15) is 9.59 Å². The van der Waals surface area contributed by atoms with Gasteiger partial charge in [-0.1, -0.05) is 6.07 Å². The molecule has 0 saturated heterocycles. The smallest absolute Gasteiger partial charge is 0.338 e. The summed E-state index contributed by atoms with van der Waals surface area (Å²) in [4.78, 5) is 25.1. The molecule has 21 heavy (non-hydrogen) atoms. The number of nitrogens with zero attached hydrogens (tertiary/aromatic N) is 1. The molecule has 0 aliphatic heterocycles. The van der Waals surface area contributed by atoms with Crippen molar-refractivity contribution in [2.75, 3.05) is 13.7 Å². The Morgan fingerprint density at radius 1 is 1.29 bits per heavy atom. The molecular weight excluding hydrogens is 385 g/mol. The number of furan rings is 1. The maximum atomic E-state index is 11.9. The van der Waals surface area contributed by atoms with Crippen LogP contribution in [0.5, 0.6) is 0 Å². The first-order chi connectivity index (χ1) is 10.1. The van der Waals surface area contributed by atoms with Gasteiger partial charge in [-0.15, -0.1) is 0 Å². The van der Waals surface area contributed by atoms with Gasteiger partial charge >= 0.3 is 5.97 Å². The van der Waals surface area contributed by atoms with Crippen LogP contribution < -0.4 is 0 Å². The Morgan fingerprint density at radius 2 is 2.10 bits per heavy atom. The third kappa shape index (κ3) is 4.59. The summed E-state index contributed by atoms with van der Waals surface area (Å²) in [5, 5.41) is 0. The van der Waals surface area contributed by atoms with Crippen LogP contribution in [-0.2, 0) is 16.1 Å². The average Bonchev–Trinajstić information content (AvgIpc) is 2.97. The van der Waals surface area contributed by atoms with E-state index in [0.717, 1.165) is 3.57 Å².